The third-order valence-corrected chi connectivity index (χ3v) is 4.54. The summed E-state index contributed by atoms with van der Waals surface area (Å²) in [5.41, 5.74) is 1.92. The highest BCUT2D eigenvalue weighted by atomic mass is 16.5. The molecule has 0 unspecified atom stereocenters. The van der Waals surface area contributed by atoms with Crippen molar-refractivity contribution in [1.29, 1.82) is 0 Å². The largest absolute Gasteiger partial charge is 0.508 e. The van der Waals surface area contributed by atoms with Crippen LogP contribution in [0.4, 0.5) is 4.79 Å². The van der Waals surface area contributed by atoms with E-state index < -0.39 is 0 Å². The highest BCUT2D eigenvalue weighted by Crippen LogP contribution is 2.36. The van der Waals surface area contributed by atoms with Crippen LogP contribution >= 0.6 is 0 Å². The Morgan fingerprint density at radius 2 is 2.24 bits per heavy atom. The van der Waals surface area contributed by atoms with Crippen LogP contribution in [0, 0.1) is 6.92 Å². The van der Waals surface area contributed by atoms with Crippen LogP contribution in [0.15, 0.2) is 34.7 Å². The second-order valence-electron chi connectivity index (χ2n) is 6.31. The Labute approximate surface area is 147 Å². The standard InChI is InChI=1S/C19H24N2O4/c1-13-6-7-14(25-13)12-21(10-11-24-2)19(23)20-17-9-8-16-15(17)4-3-5-18(16)22/h3-7,17,22H,8-12H2,1-2H3,(H,20,23)/t17-/m0/s1. The second-order valence-corrected chi connectivity index (χ2v) is 6.31. The summed E-state index contributed by atoms with van der Waals surface area (Å²) in [5, 5.41) is 13.0. The molecule has 0 radical (unpaired) electrons. The summed E-state index contributed by atoms with van der Waals surface area (Å²) < 4.78 is 10.7. The zero-order valence-corrected chi connectivity index (χ0v) is 14.6. The summed E-state index contributed by atoms with van der Waals surface area (Å²) in [5.74, 6) is 1.87. The molecule has 1 aliphatic rings. The van der Waals surface area contributed by atoms with E-state index in [0.29, 0.717) is 25.4 Å². The molecule has 0 aliphatic heterocycles. The topological polar surface area (TPSA) is 74.9 Å². The predicted molar refractivity (Wildman–Crippen MR) is 93.4 cm³/mol. The highest BCUT2D eigenvalue weighted by Gasteiger charge is 2.27. The monoisotopic (exact) mass is 344 g/mol. The maximum atomic E-state index is 12.8. The number of nitrogens with one attached hydrogen (secondary N) is 1. The lowest BCUT2D eigenvalue weighted by molar-refractivity contribution is 0.141. The second kappa shape index (κ2) is 7.61. The number of amides is 2. The van der Waals surface area contributed by atoms with E-state index in [1.165, 1.54) is 0 Å². The quantitative estimate of drug-likeness (QED) is 0.844. The van der Waals surface area contributed by atoms with Crippen molar-refractivity contribution in [3.8, 4) is 5.75 Å². The first-order valence-corrected chi connectivity index (χ1v) is 8.49. The van der Waals surface area contributed by atoms with Gasteiger partial charge in [0.05, 0.1) is 19.2 Å². The zero-order valence-electron chi connectivity index (χ0n) is 14.6. The molecule has 2 aromatic rings. The van der Waals surface area contributed by atoms with Gasteiger partial charge in [0, 0.05) is 13.7 Å². The molecule has 6 heteroatoms. The molecule has 0 spiro atoms. The number of aryl methyl sites for hydroxylation is 1. The van der Waals surface area contributed by atoms with Gasteiger partial charge in [-0.25, -0.2) is 4.79 Å². The number of fused-ring (bicyclic) bond motifs is 1. The highest BCUT2D eigenvalue weighted by molar-refractivity contribution is 5.75. The van der Waals surface area contributed by atoms with E-state index in [9.17, 15) is 9.90 Å². The molecule has 1 atom stereocenters. The minimum absolute atomic E-state index is 0.0852. The van der Waals surface area contributed by atoms with Crippen molar-refractivity contribution in [2.45, 2.75) is 32.4 Å². The number of rotatable bonds is 6. The summed E-state index contributed by atoms with van der Waals surface area (Å²) >= 11 is 0. The smallest absolute Gasteiger partial charge is 0.318 e. The molecule has 6 nitrogen and oxygen atoms in total. The molecule has 1 heterocycles. The van der Waals surface area contributed by atoms with Crippen molar-refractivity contribution < 1.29 is 19.1 Å². The molecule has 2 N–H and O–H groups in total. The first-order valence-electron chi connectivity index (χ1n) is 8.49. The van der Waals surface area contributed by atoms with Gasteiger partial charge in [-0.3, -0.25) is 0 Å². The van der Waals surface area contributed by atoms with E-state index in [2.05, 4.69) is 5.32 Å². The lowest BCUT2D eigenvalue weighted by atomic mass is 10.1. The maximum Gasteiger partial charge on any atom is 0.318 e. The van der Waals surface area contributed by atoms with E-state index in [1.807, 2.05) is 31.2 Å². The molecule has 0 saturated heterocycles. The lowest BCUT2D eigenvalue weighted by Gasteiger charge is -2.24. The van der Waals surface area contributed by atoms with E-state index in [4.69, 9.17) is 9.15 Å². The molecule has 0 fully saturated rings. The number of urea groups is 1. The molecule has 0 bridgehead atoms. The Bertz CT molecular complexity index is 741. The number of carbonyl (C=O) groups is 1. The van der Waals surface area contributed by atoms with Crippen LogP contribution in [0.3, 0.4) is 0 Å². The molecule has 3 rings (SSSR count). The molecule has 2 amide bonds. The summed E-state index contributed by atoms with van der Waals surface area (Å²) in [4.78, 5) is 14.4. The molecule has 25 heavy (non-hydrogen) atoms. The predicted octanol–water partition coefficient (Wildman–Crippen LogP) is 3.14. The van der Waals surface area contributed by atoms with Crippen molar-refractivity contribution in [2.24, 2.45) is 0 Å². The van der Waals surface area contributed by atoms with Gasteiger partial charge in [-0.2, -0.15) is 0 Å². The first-order chi connectivity index (χ1) is 12.1. The van der Waals surface area contributed by atoms with Crippen molar-refractivity contribution in [2.75, 3.05) is 20.3 Å². The minimum atomic E-state index is -0.160. The van der Waals surface area contributed by atoms with E-state index >= 15 is 0 Å². The van der Waals surface area contributed by atoms with Crippen molar-refractivity contribution in [1.82, 2.24) is 10.2 Å². The molecular formula is C19H24N2O4. The van der Waals surface area contributed by atoms with E-state index in [1.54, 1.807) is 18.1 Å². The van der Waals surface area contributed by atoms with Crippen LogP contribution in [-0.2, 0) is 17.7 Å². The van der Waals surface area contributed by atoms with Crippen molar-refractivity contribution >= 4 is 6.03 Å². The summed E-state index contributed by atoms with van der Waals surface area (Å²) in [7, 11) is 1.61. The van der Waals surface area contributed by atoms with Gasteiger partial charge in [-0.05, 0) is 49.1 Å². The number of phenols is 1. The van der Waals surface area contributed by atoms with Crippen molar-refractivity contribution in [3.63, 3.8) is 0 Å². The van der Waals surface area contributed by atoms with Gasteiger partial charge in [-0.1, -0.05) is 12.1 Å². The number of nitrogens with zero attached hydrogens (tertiary/aromatic N) is 1. The normalized spacial score (nSPS) is 15.8. The Balaban J connectivity index is 1.69. The number of carbonyl (C=O) groups excluding carboxylic acids is 1. The third kappa shape index (κ3) is 3.96. The van der Waals surface area contributed by atoms with Gasteiger partial charge in [0.15, 0.2) is 0 Å². The van der Waals surface area contributed by atoms with Crippen molar-refractivity contribution in [3.05, 3.63) is 53.0 Å². The molecule has 1 aliphatic carbocycles. The minimum Gasteiger partial charge on any atom is -0.508 e. The van der Waals surface area contributed by atoms with Gasteiger partial charge >= 0.3 is 6.03 Å². The summed E-state index contributed by atoms with van der Waals surface area (Å²) in [6.07, 6.45) is 1.55. The van der Waals surface area contributed by atoms with Gasteiger partial charge in [-0.15, -0.1) is 0 Å². The van der Waals surface area contributed by atoms with Gasteiger partial charge in [0.25, 0.3) is 0 Å². The average molecular weight is 344 g/mol. The van der Waals surface area contributed by atoms with Gasteiger partial charge in [0.1, 0.15) is 17.3 Å². The summed E-state index contributed by atoms with van der Waals surface area (Å²) in [6.45, 7) is 3.20. The first kappa shape index (κ1) is 17.4. The number of methoxy groups -OCH3 is 1. The van der Waals surface area contributed by atoms with Gasteiger partial charge in [0.2, 0.25) is 0 Å². The molecule has 1 aromatic heterocycles. The molecule has 0 saturated carbocycles. The molecular weight excluding hydrogens is 320 g/mol. The fourth-order valence-corrected chi connectivity index (χ4v) is 3.24. The van der Waals surface area contributed by atoms with Crippen LogP contribution in [0.5, 0.6) is 5.75 Å². The molecule has 1 aromatic carbocycles. The fraction of sp³-hybridized carbons (Fsp3) is 0.421. The number of furan rings is 1. The lowest BCUT2D eigenvalue weighted by Crippen LogP contribution is -2.42. The van der Waals surface area contributed by atoms with E-state index in [-0.39, 0.29) is 12.1 Å². The van der Waals surface area contributed by atoms with Gasteiger partial charge < -0.3 is 24.5 Å². The Morgan fingerprint density at radius 3 is 2.96 bits per heavy atom. The Hall–Kier alpha value is -2.47. The average Bonchev–Trinajstić information content (AvgIpc) is 3.19. The van der Waals surface area contributed by atoms with Crippen LogP contribution in [0.2, 0.25) is 0 Å². The number of ether oxygens (including phenoxy) is 1. The summed E-state index contributed by atoms with van der Waals surface area (Å²) in [6, 6.07) is 8.98. The Kier molecular flexibility index (Phi) is 5.28. The van der Waals surface area contributed by atoms with Crippen LogP contribution < -0.4 is 5.32 Å². The van der Waals surface area contributed by atoms with Crippen LogP contribution in [0.25, 0.3) is 0 Å². The number of benzene rings is 1. The number of aromatic hydroxyl groups is 1. The Morgan fingerprint density at radius 1 is 1.40 bits per heavy atom. The maximum absolute atomic E-state index is 12.8. The molecule has 134 valence electrons. The SMILES string of the molecule is COCCN(Cc1ccc(C)o1)C(=O)N[C@H]1CCc2c(O)cccc21. The zero-order chi connectivity index (χ0) is 17.8. The fourth-order valence-electron chi connectivity index (χ4n) is 3.24. The number of phenolic OH excluding ortho intramolecular Hbond substituents is 1. The third-order valence-electron chi connectivity index (χ3n) is 4.54. The number of hydrogen-bond acceptors (Lipinski definition) is 4. The van der Waals surface area contributed by atoms with Crippen LogP contribution in [-0.4, -0.2) is 36.3 Å². The van der Waals surface area contributed by atoms with Crippen LogP contribution in [0.1, 0.15) is 35.1 Å². The van der Waals surface area contributed by atoms with E-state index in [0.717, 1.165) is 35.5 Å². The number of hydrogen-bond donors (Lipinski definition) is 2.